The van der Waals surface area contributed by atoms with Gasteiger partial charge >= 0.3 is 0 Å². The third kappa shape index (κ3) is 2.28. The van der Waals surface area contributed by atoms with Crippen LogP contribution in [-0.4, -0.2) is 18.0 Å². The van der Waals surface area contributed by atoms with Crippen LogP contribution in [0.1, 0.15) is 27.0 Å². The van der Waals surface area contributed by atoms with Crippen molar-refractivity contribution in [3.05, 3.63) is 64.9 Å². The molecule has 2 aromatic rings. The number of ether oxygens (including phenoxy) is 2. The monoisotopic (exact) mass is 308 g/mol. The van der Waals surface area contributed by atoms with Crippen LogP contribution in [-0.2, 0) is 0 Å². The lowest BCUT2D eigenvalue weighted by Gasteiger charge is -2.13. The molecule has 0 saturated heterocycles. The van der Waals surface area contributed by atoms with E-state index in [0.29, 0.717) is 22.4 Å². The summed E-state index contributed by atoms with van der Waals surface area (Å²) in [5.74, 6) is 0.543. The molecule has 1 aliphatic rings. The van der Waals surface area contributed by atoms with Crippen LogP contribution in [0.3, 0.4) is 0 Å². The number of benzene rings is 2. The minimum atomic E-state index is -0.271. The molecular formula is C19H16O4. The Morgan fingerprint density at radius 1 is 1.26 bits per heavy atom. The summed E-state index contributed by atoms with van der Waals surface area (Å²) in [4.78, 5) is 12.7. The van der Waals surface area contributed by atoms with Crippen molar-refractivity contribution in [3.63, 3.8) is 0 Å². The highest BCUT2D eigenvalue weighted by molar-refractivity contribution is 6.17. The largest absolute Gasteiger partial charge is 0.507 e. The molecule has 0 radical (unpaired) electrons. The van der Waals surface area contributed by atoms with Crippen molar-refractivity contribution < 1.29 is 19.4 Å². The predicted molar refractivity (Wildman–Crippen MR) is 88.9 cm³/mol. The maximum absolute atomic E-state index is 12.7. The molecule has 4 nitrogen and oxygen atoms in total. The standard InChI is InChI=1S/C19H16O4/c1-4-13-16(20)11(2)18-15(19(13)22-3)17(21)14(23-18)10-12-8-6-5-7-9-12/h4-10,20H,1H2,2-3H3/b14-10-. The molecule has 4 heteroatoms. The van der Waals surface area contributed by atoms with Crippen LogP contribution in [0.15, 0.2) is 42.7 Å². The number of allylic oxidation sites excluding steroid dienone is 1. The van der Waals surface area contributed by atoms with Gasteiger partial charge < -0.3 is 14.6 Å². The van der Waals surface area contributed by atoms with E-state index >= 15 is 0 Å². The zero-order valence-corrected chi connectivity index (χ0v) is 12.9. The average molecular weight is 308 g/mol. The van der Waals surface area contributed by atoms with Gasteiger partial charge in [-0.3, -0.25) is 4.79 Å². The van der Waals surface area contributed by atoms with Crippen molar-refractivity contribution in [2.45, 2.75) is 6.92 Å². The van der Waals surface area contributed by atoms with Gasteiger partial charge in [0, 0.05) is 5.56 Å². The van der Waals surface area contributed by atoms with Gasteiger partial charge in [0.2, 0.25) is 5.78 Å². The van der Waals surface area contributed by atoms with Gasteiger partial charge in [0.05, 0.1) is 12.7 Å². The number of methoxy groups -OCH3 is 1. The Kier molecular flexibility index (Phi) is 3.66. The van der Waals surface area contributed by atoms with Crippen molar-refractivity contribution in [1.29, 1.82) is 0 Å². The summed E-state index contributed by atoms with van der Waals surface area (Å²) < 4.78 is 11.0. The highest BCUT2D eigenvalue weighted by Crippen LogP contribution is 2.48. The van der Waals surface area contributed by atoms with Crippen molar-refractivity contribution in [2.24, 2.45) is 0 Å². The number of phenols is 1. The molecule has 1 heterocycles. The number of aromatic hydroxyl groups is 1. The molecule has 0 unspecified atom stereocenters. The summed E-state index contributed by atoms with van der Waals surface area (Å²) in [6, 6.07) is 9.42. The lowest BCUT2D eigenvalue weighted by atomic mass is 9.99. The molecule has 3 rings (SSSR count). The summed E-state index contributed by atoms with van der Waals surface area (Å²) in [7, 11) is 1.45. The second-order valence-electron chi connectivity index (χ2n) is 5.18. The first-order valence-corrected chi connectivity index (χ1v) is 7.13. The molecule has 0 spiro atoms. The minimum Gasteiger partial charge on any atom is -0.507 e. The molecule has 1 N–H and O–H groups in total. The zero-order valence-electron chi connectivity index (χ0n) is 12.9. The normalized spacial score (nSPS) is 14.5. The predicted octanol–water partition coefficient (Wildman–Crippen LogP) is 3.97. The zero-order chi connectivity index (χ0) is 16.6. The number of fused-ring (bicyclic) bond motifs is 1. The Labute approximate surface area is 134 Å². The fourth-order valence-corrected chi connectivity index (χ4v) is 2.65. The summed E-state index contributed by atoms with van der Waals surface area (Å²) >= 11 is 0. The highest BCUT2D eigenvalue weighted by Gasteiger charge is 2.35. The first-order valence-electron chi connectivity index (χ1n) is 7.13. The van der Waals surface area contributed by atoms with E-state index in [9.17, 15) is 9.90 Å². The van der Waals surface area contributed by atoms with E-state index in [1.807, 2.05) is 30.3 Å². The van der Waals surface area contributed by atoms with Gasteiger partial charge in [-0.05, 0) is 18.6 Å². The van der Waals surface area contributed by atoms with E-state index in [4.69, 9.17) is 9.47 Å². The minimum absolute atomic E-state index is 0.00404. The average Bonchev–Trinajstić information content (AvgIpc) is 2.89. The Bertz CT molecular complexity index is 832. The molecule has 0 bridgehead atoms. The van der Waals surface area contributed by atoms with Crippen molar-refractivity contribution in [3.8, 4) is 17.2 Å². The number of phenolic OH excluding ortho intramolecular Hbond substituents is 1. The Hall–Kier alpha value is -3.01. The smallest absolute Gasteiger partial charge is 0.235 e. The number of Topliss-reactive ketones (excluding diaryl/α,β-unsaturated/α-hetero) is 1. The topological polar surface area (TPSA) is 55.8 Å². The van der Waals surface area contributed by atoms with Gasteiger partial charge in [0.15, 0.2) is 5.76 Å². The Morgan fingerprint density at radius 3 is 2.57 bits per heavy atom. The molecule has 0 aliphatic carbocycles. The molecule has 0 amide bonds. The van der Waals surface area contributed by atoms with Crippen molar-refractivity contribution in [2.75, 3.05) is 7.11 Å². The second-order valence-corrected chi connectivity index (χ2v) is 5.18. The van der Waals surface area contributed by atoms with Crippen LogP contribution >= 0.6 is 0 Å². The van der Waals surface area contributed by atoms with Gasteiger partial charge in [-0.2, -0.15) is 0 Å². The lowest BCUT2D eigenvalue weighted by molar-refractivity contribution is 0.101. The van der Waals surface area contributed by atoms with Gasteiger partial charge in [-0.15, -0.1) is 0 Å². The molecular weight excluding hydrogens is 292 g/mol. The number of carbonyl (C=O) groups is 1. The molecule has 2 aromatic carbocycles. The number of hydrogen-bond acceptors (Lipinski definition) is 4. The number of ketones is 1. The molecule has 1 aliphatic heterocycles. The van der Waals surface area contributed by atoms with Crippen LogP contribution in [0.4, 0.5) is 0 Å². The van der Waals surface area contributed by atoms with E-state index < -0.39 is 0 Å². The van der Waals surface area contributed by atoms with Crippen LogP contribution in [0.5, 0.6) is 17.2 Å². The fraction of sp³-hybridized carbons (Fsp3) is 0.105. The maximum atomic E-state index is 12.7. The van der Waals surface area contributed by atoms with Crippen LogP contribution < -0.4 is 9.47 Å². The van der Waals surface area contributed by atoms with E-state index in [0.717, 1.165) is 5.56 Å². The quantitative estimate of drug-likeness (QED) is 0.872. The molecule has 0 fully saturated rings. The summed E-state index contributed by atoms with van der Waals surface area (Å²) in [5, 5.41) is 10.3. The Morgan fingerprint density at radius 2 is 1.96 bits per heavy atom. The summed E-state index contributed by atoms with van der Waals surface area (Å²) in [6.45, 7) is 5.37. The molecule has 0 atom stereocenters. The van der Waals surface area contributed by atoms with Crippen LogP contribution in [0.25, 0.3) is 12.2 Å². The van der Waals surface area contributed by atoms with E-state index in [-0.39, 0.29) is 23.0 Å². The van der Waals surface area contributed by atoms with E-state index in [2.05, 4.69) is 6.58 Å². The number of carbonyl (C=O) groups excluding carboxylic acids is 1. The fourth-order valence-electron chi connectivity index (χ4n) is 2.65. The SMILES string of the molecule is C=Cc1c(O)c(C)c2c(c1OC)C(=O)/C(=C/c1ccccc1)O2. The number of rotatable bonds is 3. The van der Waals surface area contributed by atoms with Crippen molar-refractivity contribution >= 4 is 17.9 Å². The lowest BCUT2D eigenvalue weighted by Crippen LogP contribution is -2.01. The summed E-state index contributed by atoms with van der Waals surface area (Å²) in [6.07, 6.45) is 3.14. The third-order valence-corrected chi connectivity index (χ3v) is 3.82. The first-order chi connectivity index (χ1) is 11.1. The van der Waals surface area contributed by atoms with Crippen LogP contribution in [0.2, 0.25) is 0 Å². The van der Waals surface area contributed by atoms with Gasteiger partial charge in [-0.25, -0.2) is 0 Å². The third-order valence-electron chi connectivity index (χ3n) is 3.82. The van der Waals surface area contributed by atoms with Crippen molar-refractivity contribution in [1.82, 2.24) is 0 Å². The molecule has 0 aromatic heterocycles. The van der Waals surface area contributed by atoms with Crippen LogP contribution in [0, 0.1) is 6.92 Å². The highest BCUT2D eigenvalue weighted by atomic mass is 16.5. The molecule has 116 valence electrons. The number of hydrogen-bond donors (Lipinski definition) is 1. The van der Waals surface area contributed by atoms with E-state index in [1.165, 1.54) is 13.2 Å². The second kappa shape index (κ2) is 5.65. The maximum Gasteiger partial charge on any atom is 0.235 e. The Balaban J connectivity index is 2.19. The molecule has 23 heavy (non-hydrogen) atoms. The van der Waals surface area contributed by atoms with Gasteiger partial charge in [0.25, 0.3) is 0 Å². The van der Waals surface area contributed by atoms with Gasteiger partial charge in [-0.1, -0.05) is 43.0 Å². The first kappa shape index (κ1) is 14.9. The summed E-state index contributed by atoms with van der Waals surface area (Å²) in [5.41, 5.74) is 2.05. The van der Waals surface area contributed by atoms with E-state index in [1.54, 1.807) is 13.0 Å². The molecule has 0 saturated carbocycles. The van der Waals surface area contributed by atoms with Gasteiger partial charge in [0.1, 0.15) is 22.8 Å².